The molecule has 0 amide bonds. The highest BCUT2D eigenvalue weighted by molar-refractivity contribution is 7.94. The number of ether oxygens (including phenoxy) is 1. The molecular formula is C13H13NO5S2. The van der Waals surface area contributed by atoms with Crippen molar-refractivity contribution in [3.63, 3.8) is 0 Å². The maximum atomic E-state index is 12.2. The Hall–Kier alpha value is -2.06. The second-order valence-electron chi connectivity index (χ2n) is 4.19. The van der Waals surface area contributed by atoms with Crippen molar-refractivity contribution in [1.29, 1.82) is 0 Å². The number of hydrogen-bond donors (Lipinski definition) is 2. The molecule has 1 heterocycles. The Bertz CT molecular complexity index is 780. The van der Waals surface area contributed by atoms with Gasteiger partial charge in [-0.3, -0.25) is 4.72 Å². The van der Waals surface area contributed by atoms with Crippen molar-refractivity contribution in [3.8, 4) is 5.75 Å². The van der Waals surface area contributed by atoms with Crippen molar-refractivity contribution in [1.82, 2.24) is 0 Å². The van der Waals surface area contributed by atoms with Crippen molar-refractivity contribution in [2.45, 2.75) is 11.1 Å². The van der Waals surface area contributed by atoms with Crippen LogP contribution in [0.1, 0.15) is 15.2 Å². The van der Waals surface area contributed by atoms with Crippen LogP contribution in [0, 0.1) is 6.92 Å². The topological polar surface area (TPSA) is 92.7 Å². The van der Waals surface area contributed by atoms with Gasteiger partial charge in [-0.1, -0.05) is 0 Å². The number of anilines is 1. The lowest BCUT2D eigenvalue weighted by atomic mass is 10.2. The fourth-order valence-corrected chi connectivity index (χ4v) is 4.03. The van der Waals surface area contributed by atoms with Gasteiger partial charge in [-0.25, -0.2) is 13.2 Å². The van der Waals surface area contributed by atoms with Gasteiger partial charge in [0.05, 0.1) is 18.4 Å². The van der Waals surface area contributed by atoms with Gasteiger partial charge in [0, 0.05) is 4.88 Å². The minimum atomic E-state index is -3.80. The molecule has 0 fully saturated rings. The van der Waals surface area contributed by atoms with Gasteiger partial charge < -0.3 is 9.84 Å². The molecule has 0 saturated heterocycles. The predicted octanol–water partition coefficient (Wildman–Crippen LogP) is 2.56. The van der Waals surface area contributed by atoms with Crippen molar-refractivity contribution in [3.05, 3.63) is 40.8 Å². The van der Waals surface area contributed by atoms with Crippen LogP contribution >= 0.6 is 11.3 Å². The molecule has 0 spiro atoms. The van der Waals surface area contributed by atoms with Crippen LogP contribution in [0.3, 0.4) is 0 Å². The molecule has 2 N–H and O–H groups in total. The number of carboxylic acids is 1. The number of hydrogen-bond acceptors (Lipinski definition) is 5. The van der Waals surface area contributed by atoms with Gasteiger partial charge in [-0.15, -0.1) is 11.3 Å². The van der Waals surface area contributed by atoms with Crippen LogP contribution in [0.25, 0.3) is 0 Å². The first-order valence-corrected chi connectivity index (χ1v) is 8.14. The van der Waals surface area contributed by atoms with Gasteiger partial charge in [0.15, 0.2) is 0 Å². The number of sulfonamides is 1. The highest BCUT2D eigenvalue weighted by Crippen LogP contribution is 2.27. The van der Waals surface area contributed by atoms with E-state index in [2.05, 4.69) is 4.72 Å². The standard InChI is InChI=1S/C13H13NO5S2/c1-8-3-6-12(20-8)21(17,18)14-11-5-4-9(19-2)7-10(11)13(15)16/h3-7,14H,1-2H3,(H,15,16). The molecule has 112 valence electrons. The lowest BCUT2D eigenvalue weighted by molar-refractivity contribution is 0.0697. The fraction of sp³-hybridized carbons (Fsp3) is 0.154. The van der Waals surface area contributed by atoms with E-state index in [-0.39, 0.29) is 15.5 Å². The Labute approximate surface area is 126 Å². The number of benzene rings is 1. The van der Waals surface area contributed by atoms with E-state index in [1.165, 1.54) is 31.4 Å². The minimum Gasteiger partial charge on any atom is -0.497 e. The summed E-state index contributed by atoms with van der Waals surface area (Å²) in [6.45, 7) is 1.79. The molecule has 0 radical (unpaired) electrons. The van der Waals surface area contributed by atoms with E-state index in [1.54, 1.807) is 13.0 Å². The summed E-state index contributed by atoms with van der Waals surface area (Å²) in [5.41, 5.74) is -0.180. The number of aryl methyl sites for hydroxylation is 1. The van der Waals surface area contributed by atoms with Gasteiger partial charge in [0.1, 0.15) is 9.96 Å². The molecule has 0 bridgehead atoms. The maximum absolute atomic E-state index is 12.2. The molecule has 0 atom stereocenters. The highest BCUT2D eigenvalue weighted by atomic mass is 32.2. The molecule has 0 aliphatic heterocycles. The Morgan fingerprint density at radius 1 is 1.29 bits per heavy atom. The van der Waals surface area contributed by atoms with E-state index in [4.69, 9.17) is 9.84 Å². The molecular weight excluding hydrogens is 314 g/mol. The number of thiophene rings is 1. The summed E-state index contributed by atoms with van der Waals surface area (Å²) in [5, 5.41) is 9.17. The first-order valence-electron chi connectivity index (χ1n) is 5.84. The van der Waals surface area contributed by atoms with Crippen LogP contribution in [-0.2, 0) is 10.0 Å². The van der Waals surface area contributed by atoms with Crippen molar-refractivity contribution >= 4 is 33.0 Å². The Kier molecular flexibility index (Phi) is 4.19. The molecule has 0 saturated carbocycles. The summed E-state index contributed by atoms with van der Waals surface area (Å²) in [7, 11) is -2.40. The number of rotatable bonds is 5. The highest BCUT2D eigenvalue weighted by Gasteiger charge is 2.20. The summed E-state index contributed by atoms with van der Waals surface area (Å²) in [5.74, 6) is -0.906. The van der Waals surface area contributed by atoms with Crippen molar-refractivity contribution < 1.29 is 23.1 Å². The van der Waals surface area contributed by atoms with E-state index >= 15 is 0 Å². The van der Waals surface area contributed by atoms with Gasteiger partial charge in [0.2, 0.25) is 0 Å². The molecule has 2 rings (SSSR count). The fourth-order valence-electron chi connectivity index (χ4n) is 1.67. The first-order chi connectivity index (χ1) is 9.83. The summed E-state index contributed by atoms with van der Waals surface area (Å²) >= 11 is 1.11. The Morgan fingerprint density at radius 3 is 2.52 bits per heavy atom. The minimum absolute atomic E-state index is 0.00523. The van der Waals surface area contributed by atoms with Crippen LogP contribution in [0.5, 0.6) is 5.75 Å². The van der Waals surface area contributed by atoms with E-state index in [9.17, 15) is 13.2 Å². The van der Waals surface area contributed by atoms with E-state index in [0.717, 1.165) is 16.2 Å². The first kappa shape index (κ1) is 15.3. The molecule has 8 heteroatoms. The molecule has 0 aliphatic rings. The number of nitrogens with one attached hydrogen (secondary N) is 1. The molecule has 6 nitrogen and oxygen atoms in total. The SMILES string of the molecule is COc1ccc(NS(=O)(=O)c2ccc(C)s2)c(C(=O)O)c1. The van der Waals surface area contributed by atoms with Crippen LogP contribution in [0.2, 0.25) is 0 Å². The van der Waals surface area contributed by atoms with Crippen LogP contribution < -0.4 is 9.46 Å². The molecule has 21 heavy (non-hydrogen) atoms. The summed E-state index contributed by atoms with van der Waals surface area (Å²) in [6.07, 6.45) is 0. The van der Waals surface area contributed by atoms with E-state index in [0.29, 0.717) is 5.75 Å². The normalized spacial score (nSPS) is 11.1. The van der Waals surface area contributed by atoms with E-state index in [1.807, 2.05) is 0 Å². The number of aromatic carboxylic acids is 1. The maximum Gasteiger partial charge on any atom is 0.337 e. The summed E-state index contributed by atoms with van der Waals surface area (Å²) in [6, 6.07) is 7.28. The molecule has 0 unspecified atom stereocenters. The lowest BCUT2D eigenvalue weighted by Crippen LogP contribution is -2.14. The zero-order valence-electron chi connectivity index (χ0n) is 11.3. The quantitative estimate of drug-likeness (QED) is 0.880. The van der Waals surface area contributed by atoms with Gasteiger partial charge in [-0.2, -0.15) is 0 Å². The third-order valence-electron chi connectivity index (χ3n) is 2.68. The second kappa shape index (κ2) is 5.74. The summed E-state index contributed by atoms with van der Waals surface area (Å²) in [4.78, 5) is 12.1. The molecule has 1 aromatic carbocycles. The lowest BCUT2D eigenvalue weighted by Gasteiger charge is -2.10. The average molecular weight is 327 g/mol. The second-order valence-corrected chi connectivity index (χ2v) is 7.38. The predicted molar refractivity (Wildman–Crippen MR) is 79.8 cm³/mol. The average Bonchev–Trinajstić information content (AvgIpc) is 2.86. The smallest absolute Gasteiger partial charge is 0.337 e. The zero-order chi connectivity index (χ0) is 15.6. The van der Waals surface area contributed by atoms with Crippen LogP contribution in [-0.4, -0.2) is 26.6 Å². The molecule has 0 aliphatic carbocycles. The monoisotopic (exact) mass is 327 g/mol. The number of carbonyl (C=O) groups is 1. The number of methoxy groups -OCH3 is 1. The Morgan fingerprint density at radius 2 is 2.00 bits per heavy atom. The van der Waals surface area contributed by atoms with Crippen LogP contribution in [0.4, 0.5) is 5.69 Å². The van der Waals surface area contributed by atoms with Gasteiger partial charge in [0.25, 0.3) is 10.0 Å². The van der Waals surface area contributed by atoms with E-state index < -0.39 is 16.0 Å². The molecule has 2 aromatic rings. The largest absolute Gasteiger partial charge is 0.497 e. The van der Waals surface area contributed by atoms with Crippen molar-refractivity contribution in [2.24, 2.45) is 0 Å². The Balaban J connectivity index is 2.41. The van der Waals surface area contributed by atoms with Gasteiger partial charge in [-0.05, 0) is 37.3 Å². The third kappa shape index (κ3) is 3.34. The summed E-state index contributed by atoms with van der Waals surface area (Å²) < 4.78 is 31.8. The zero-order valence-corrected chi connectivity index (χ0v) is 12.9. The number of carboxylic acid groups (broad SMARTS) is 1. The van der Waals surface area contributed by atoms with Crippen molar-refractivity contribution in [2.75, 3.05) is 11.8 Å². The van der Waals surface area contributed by atoms with Gasteiger partial charge >= 0.3 is 5.97 Å². The molecule has 1 aromatic heterocycles. The van der Waals surface area contributed by atoms with Crippen LogP contribution in [0.15, 0.2) is 34.5 Å². The third-order valence-corrected chi connectivity index (χ3v) is 5.54.